The third kappa shape index (κ3) is 1.74. The standard InChI is InChI=1S/C13H20N2OS/c1-2-13(9-16)7-10-3-4-11(13)15(10)8-12-14-5-6-17-12/h5-6,10-11,16H,2-4,7-9H2,1H3/t10-,11+,13-/m1/s1. The van der Waals surface area contributed by atoms with Crippen LogP contribution in [0.3, 0.4) is 0 Å². The van der Waals surface area contributed by atoms with E-state index in [-0.39, 0.29) is 5.41 Å². The molecule has 2 aliphatic rings. The number of aliphatic hydroxyl groups excluding tert-OH is 1. The molecule has 0 aliphatic carbocycles. The zero-order chi connectivity index (χ0) is 11.9. The summed E-state index contributed by atoms with van der Waals surface area (Å²) in [5, 5.41) is 13.0. The number of rotatable bonds is 4. The van der Waals surface area contributed by atoms with Gasteiger partial charge in [-0.1, -0.05) is 6.92 Å². The zero-order valence-electron chi connectivity index (χ0n) is 10.3. The van der Waals surface area contributed by atoms with E-state index in [1.807, 2.05) is 11.6 Å². The second-order valence-electron chi connectivity index (χ2n) is 5.42. The van der Waals surface area contributed by atoms with Crippen molar-refractivity contribution in [2.24, 2.45) is 5.41 Å². The van der Waals surface area contributed by atoms with Gasteiger partial charge in [0, 0.05) is 29.1 Å². The van der Waals surface area contributed by atoms with Crippen LogP contribution in [0.1, 0.15) is 37.6 Å². The Hall–Kier alpha value is -0.450. The van der Waals surface area contributed by atoms with E-state index in [1.54, 1.807) is 11.3 Å². The molecule has 0 unspecified atom stereocenters. The first-order valence-corrected chi connectivity index (χ1v) is 7.42. The van der Waals surface area contributed by atoms with Crippen LogP contribution in [0.5, 0.6) is 0 Å². The first kappa shape index (κ1) is 11.6. The number of nitrogens with zero attached hydrogens (tertiary/aromatic N) is 2. The lowest BCUT2D eigenvalue weighted by molar-refractivity contribution is 0.0713. The van der Waals surface area contributed by atoms with E-state index in [9.17, 15) is 5.11 Å². The number of thiazole rings is 1. The highest BCUT2D eigenvalue weighted by atomic mass is 32.1. The second kappa shape index (κ2) is 4.34. The minimum absolute atomic E-state index is 0.167. The van der Waals surface area contributed by atoms with Crippen LogP contribution in [-0.4, -0.2) is 33.7 Å². The molecule has 3 heterocycles. The summed E-state index contributed by atoms with van der Waals surface area (Å²) in [6.07, 6.45) is 6.72. The van der Waals surface area contributed by atoms with Crippen molar-refractivity contribution in [3.63, 3.8) is 0 Å². The smallest absolute Gasteiger partial charge is 0.107 e. The molecule has 2 aliphatic heterocycles. The molecule has 0 amide bonds. The lowest BCUT2D eigenvalue weighted by atomic mass is 9.72. The van der Waals surface area contributed by atoms with Gasteiger partial charge < -0.3 is 5.11 Å². The molecule has 2 saturated heterocycles. The van der Waals surface area contributed by atoms with Gasteiger partial charge in [0.25, 0.3) is 0 Å². The summed E-state index contributed by atoms with van der Waals surface area (Å²) in [6, 6.07) is 1.25. The van der Waals surface area contributed by atoms with Gasteiger partial charge in [-0.15, -0.1) is 11.3 Å². The van der Waals surface area contributed by atoms with Crippen LogP contribution in [0.25, 0.3) is 0 Å². The van der Waals surface area contributed by atoms with Crippen molar-refractivity contribution >= 4 is 11.3 Å². The average Bonchev–Trinajstić information content (AvgIpc) is 3.06. The molecule has 1 aromatic heterocycles. The quantitative estimate of drug-likeness (QED) is 0.893. The molecule has 2 fully saturated rings. The van der Waals surface area contributed by atoms with Crippen molar-refractivity contribution in [1.29, 1.82) is 0 Å². The van der Waals surface area contributed by atoms with Gasteiger partial charge in [-0.25, -0.2) is 4.98 Å². The normalized spacial score (nSPS) is 36.8. The van der Waals surface area contributed by atoms with Crippen LogP contribution in [0.2, 0.25) is 0 Å². The molecule has 0 spiro atoms. The fourth-order valence-electron chi connectivity index (χ4n) is 3.81. The zero-order valence-corrected chi connectivity index (χ0v) is 11.1. The van der Waals surface area contributed by atoms with Gasteiger partial charge in [0.05, 0.1) is 13.2 Å². The Kier molecular flexibility index (Phi) is 2.97. The van der Waals surface area contributed by atoms with Crippen molar-refractivity contribution in [2.75, 3.05) is 6.61 Å². The highest BCUT2D eigenvalue weighted by Crippen LogP contribution is 2.51. The number of aliphatic hydroxyl groups is 1. The van der Waals surface area contributed by atoms with Crippen LogP contribution in [-0.2, 0) is 6.54 Å². The van der Waals surface area contributed by atoms with E-state index in [1.165, 1.54) is 24.3 Å². The Bertz CT molecular complexity index is 375. The van der Waals surface area contributed by atoms with Gasteiger partial charge >= 0.3 is 0 Å². The van der Waals surface area contributed by atoms with Crippen LogP contribution in [0, 0.1) is 5.41 Å². The summed E-state index contributed by atoms with van der Waals surface area (Å²) in [4.78, 5) is 6.99. The summed E-state index contributed by atoms with van der Waals surface area (Å²) in [5.41, 5.74) is 0.167. The van der Waals surface area contributed by atoms with Crippen LogP contribution in [0.15, 0.2) is 11.6 Å². The second-order valence-corrected chi connectivity index (χ2v) is 6.40. The van der Waals surface area contributed by atoms with Gasteiger partial charge in [0.1, 0.15) is 5.01 Å². The van der Waals surface area contributed by atoms with Crippen LogP contribution < -0.4 is 0 Å². The Morgan fingerprint density at radius 1 is 1.59 bits per heavy atom. The highest BCUT2D eigenvalue weighted by Gasteiger charge is 2.54. The summed E-state index contributed by atoms with van der Waals surface area (Å²) in [6.45, 7) is 3.55. The van der Waals surface area contributed by atoms with E-state index in [0.717, 1.165) is 13.0 Å². The minimum atomic E-state index is 0.167. The molecular weight excluding hydrogens is 232 g/mol. The highest BCUT2D eigenvalue weighted by molar-refractivity contribution is 7.09. The molecule has 3 atom stereocenters. The fourth-order valence-corrected chi connectivity index (χ4v) is 4.43. The van der Waals surface area contributed by atoms with Crippen molar-refractivity contribution < 1.29 is 5.11 Å². The number of aromatic nitrogens is 1. The first-order valence-electron chi connectivity index (χ1n) is 6.54. The van der Waals surface area contributed by atoms with Gasteiger partial charge in [-0.05, 0) is 25.7 Å². The number of hydrogen-bond donors (Lipinski definition) is 1. The van der Waals surface area contributed by atoms with E-state index >= 15 is 0 Å². The third-order valence-corrected chi connectivity index (χ3v) is 5.58. The van der Waals surface area contributed by atoms with Crippen molar-refractivity contribution in [3.05, 3.63) is 16.6 Å². The monoisotopic (exact) mass is 252 g/mol. The maximum absolute atomic E-state index is 9.74. The predicted molar refractivity (Wildman–Crippen MR) is 68.9 cm³/mol. The molecule has 94 valence electrons. The van der Waals surface area contributed by atoms with E-state index in [4.69, 9.17) is 0 Å². The Balaban J connectivity index is 1.79. The third-order valence-electron chi connectivity index (χ3n) is 4.81. The predicted octanol–water partition coefficient (Wildman–Crippen LogP) is 2.27. The minimum Gasteiger partial charge on any atom is -0.396 e. The molecule has 2 bridgehead atoms. The number of hydrogen-bond acceptors (Lipinski definition) is 4. The molecule has 1 N–H and O–H groups in total. The lowest BCUT2D eigenvalue weighted by Crippen LogP contribution is -2.39. The van der Waals surface area contributed by atoms with E-state index in [2.05, 4.69) is 16.8 Å². The summed E-state index contributed by atoms with van der Waals surface area (Å²) in [5.74, 6) is 0. The first-order chi connectivity index (χ1) is 8.29. The van der Waals surface area contributed by atoms with Crippen LogP contribution in [0.4, 0.5) is 0 Å². The van der Waals surface area contributed by atoms with Crippen LogP contribution >= 0.6 is 11.3 Å². The molecule has 0 radical (unpaired) electrons. The maximum atomic E-state index is 9.74. The largest absolute Gasteiger partial charge is 0.396 e. The van der Waals surface area contributed by atoms with E-state index in [0.29, 0.717) is 18.7 Å². The van der Waals surface area contributed by atoms with E-state index < -0.39 is 0 Å². The lowest BCUT2D eigenvalue weighted by Gasteiger charge is -2.35. The SMILES string of the molecule is CC[C@]1(CO)C[C@H]2CC[C@@H]1N2Cc1nccs1. The molecule has 4 heteroatoms. The summed E-state index contributed by atoms with van der Waals surface area (Å²) >= 11 is 1.74. The Morgan fingerprint density at radius 2 is 2.47 bits per heavy atom. The van der Waals surface area contributed by atoms with Gasteiger partial charge in [0.15, 0.2) is 0 Å². The molecule has 3 rings (SSSR count). The molecule has 0 saturated carbocycles. The molecule has 17 heavy (non-hydrogen) atoms. The Morgan fingerprint density at radius 3 is 3.06 bits per heavy atom. The summed E-state index contributed by atoms with van der Waals surface area (Å²) in [7, 11) is 0. The van der Waals surface area contributed by atoms with Gasteiger partial charge in [-0.2, -0.15) is 0 Å². The molecular formula is C13H20N2OS. The number of fused-ring (bicyclic) bond motifs is 2. The molecule has 1 aromatic rings. The van der Waals surface area contributed by atoms with Gasteiger partial charge in [0.2, 0.25) is 0 Å². The average molecular weight is 252 g/mol. The van der Waals surface area contributed by atoms with Crippen molar-refractivity contribution in [1.82, 2.24) is 9.88 Å². The molecule has 3 nitrogen and oxygen atoms in total. The summed E-state index contributed by atoms with van der Waals surface area (Å²) < 4.78 is 0. The van der Waals surface area contributed by atoms with Crippen molar-refractivity contribution in [2.45, 2.75) is 51.2 Å². The maximum Gasteiger partial charge on any atom is 0.107 e. The topological polar surface area (TPSA) is 36.4 Å². The molecule has 0 aromatic carbocycles. The Labute approximate surface area is 106 Å². The fraction of sp³-hybridized carbons (Fsp3) is 0.769. The van der Waals surface area contributed by atoms with Crippen molar-refractivity contribution in [3.8, 4) is 0 Å². The van der Waals surface area contributed by atoms with Gasteiger partial charge in [-0.3, -0.25) is 4.90 Å².